The molecule has 1 aliphatic heterocycles. The summed E-state index contributed by atoms with van der Waals surface area (Å²) in [6, 6.07) is 14.6. The first kappa shape index (κ1) is 14.1. The molecule has 22 heavy (non-hydrogen) atoms. The fourth-order valence-electron chi connectivity index (χ4n) is 2.55. The highest BCUT2D eigenvalue weighted by Gasteiger charge is 2.20. The van der Waals surface area contributed by atoms with Crippen molar-refractivity contribution >= 4 is 29.0 Å². The standard InChI is InChI=1S/C17H17N3O2/c1-20-15-9-8-14(11-12(15)7-10-16(20)21)19-17(22)18-13-5-3-2-4-6-13/h2-6,8-9,11H,7,10H2,1H3,(H2,18,19,22). The van der Waals surface area contributed by atoms with Gasteiger partial charge in [0.15, 0.2) is 0 Å². The van der Waals surface area contributed by atoms with Crippen molar-refractivity contribution in [2.24, 2.45) is 0 Å². The van der Waals surface area contributed by atoms with Crippen LogP contribution in [-0.2, 0) is 11.2 Å². The van der Waals surface area contributed by atoms with Crippen LogP contribution in [0.25, 0.3) is 0 Å². The molecule has 0 aromatic heterocycles. The summed E-state index contributed by atoms with van der Waals surface area (Å²) >= 11 is 0. The van der Waals surface area contributed by atoms with E-state index in [9.17, 15) is 9.59 Å². The molecule has 0 radical (unpaired) electrons. The van der Waals surface area contributed by atoms with E-state index in [-0.39, 0.29) is 11.9 Å². The van der Waals surface area contributed by atoms with Gasteiger partial charge in [0.2, 0.25) is 5.91 Å². The normalized spacial score (nSPS) is 13.5. The Balaban J connectivity index is 1.71. The van der Waals surface area contributed by atoms with Crippen molar-refractivity contribution in [3.05, 3.63) is 54.1 Å². The zero-order valence-corrected chi connectivity index (χ0v) is 12.3. The van der Waals surface area contributed by atoms with Crippen LogP contribution in [0.2, 0.25) is 0 Å². The second kappa shape index (κ2) is 5.89. The molecular weight excluding hydrogens is 278 g/mol. The SMILES string of the molecule is CN1C(=O)CCc2cc(NC(=O)Nc3ccccc3)ccc21. The van der Waals surface area contributed by atoms with E-state index in [4.69, 9.17) is 0 Å². The Kier molecular flexibility index (Phi) is 3.78. The van der Waals surface area contributed by atoms with Gasteiger partial charge in [0.05, 0.1) is 0 Å². The molecule has 0 saturated heterocycles. The molecule has 1 aliphatic rings. The number of carbonyl (C=O) groups excluding carboxylic acids is 2. The molecule has 0 unspecified atom stereocenters. The molecule has 2 N–H and O–H groups in total. The van der Waals surface area contributed by atoms with Gasteiger partial charge in [0, 0.05) is 30.5 Å². The molecule has 0 aliphatic carbocycles. The minimum atomic E-state index is -0.286. The number of hydrogen-bond acceptors (Lipinski definition) is 2. The van der Waals surface area contributed by atoms with Crippen LogP contribution in [-0.4, -0.2) is 19.0 Å². The van der Waals surface area contributed by atoms with Gasteiger partial charge in [-0.05, 0) is 42.3 Å². The van der Waals surface area contributed by atoms with Gasteiger partial charge >= 0.3 is 6.03 Å². The topological polar surface area (TPSA) is 61.4 Å². The molecule has 3 amide bonds. The molecule has 5 nitrogen and oxygen atoms in total. The summed E-state index contributed by atoms with van der Waals surface area (Å²) in [6.07, 6.45) is 1.21. The summed E-state index contributed by atoms with van der Waals surface area (Å²) in [5, 5.41) is 5.58. The number of nitrogens with one attached hydrogen (secondary N) is 2. The van der Waals surface area contributed by atoms with Crippen LogP contribution < -0.4 is 15.5 Å². The lowest BCUT2D eigenvalue weighted by Gasteiger charge is -2.26. The third kappa shape index (κ3) is 2.93. The number of hydrogen-bond donors (Lipinski definition) is 2. The summed E-state index contributed by atoms with van der Waals surface area (Å²) < 4.78 is 0. The van der Waals surface area contributed by atoms with Gasteiger partial charge in [-0.25, -0.2) is 4.79 Å². The Labute approximate surface area is 128 Å². The van der Waals surface area contributed by atoms with Crippen LogP contribution in [0.15, 0.2) is 48.5 Å². The second-order valence-electron chi connectivity index (χ2n) is 5.24. The average molecular weight is 295 g/mol. The highest BCUT2D eigenvalue weighted by molar-refractivity contribution is 6.01. The van der Waals surface area contributed by atoms with E-state index in [1.165, 1.54) is 0 Å². The maximum absolute atomic E-state index is 12.0. The smallest absolute Gasteiger partial charge is 0.315 e. The summed E-state index contributed by atoms with van der Waals surface area (Å²) in [4.78, 5) is 25.3. The van der Waals surface area contributed by atoms with Crippen LogP contribution in [0.4, 0.5) is 21.9 Å². The molecular formula is C17H17N3O2. The van der Waals surface area contributed by atoms with Crippen molar-refractivity contribution in [1.29, 1.82) is 0 Å². The average Bonchev–Trinajstić information content (AvgIpc) is 2.52. The van der Waals surface area contributed by atoms with E-state index in [1.807, 2.05) is 42.5 Å². The molecule has 2 aromatic carbocycles. The first-order valence-corrected chi connectivity index (χ1v) is 7.16. The predicted octanol–water partition coefficient (Wildman–Crippen LogP) is 3.24. The maximum atomic E-state index is 12.0. The molecule has 0 atom stereocenters. The number of nitrogens with zero attached hydrogens (tertiary/aromatic N) is 1. The van der Waals surface area contributed by atoms with Crippen LogP contribution in [0, 0.1) is 0 Å². The number of urea groups is 1. The molecule has 0 spiro atoms. The van der Waals surface area contributed by atoms with E-state index < -0.39 is 0 Å². The van der Waals surface area contributed by atoms with Crippen molar-refractivity contribution in [1.82, 2.24) is 0 Å². The Morgan fingerprint density at radius 3 is 2.50 bits per heavy atom. The third-order valence-corrected chi connectivity index (χ3v) is 3.71. The molecule has 5 heteroatoms. The molecule has 3 rings (SSSR count). The van der Waals surface area contributed by atoms with Gasteiger partial charge in [0.1, 0.15) is 0 Å². The zero-order valence-electron chi connectivity index (χ0n) is 12.3. The van der Waals surface area contributed by atoms with Crippen molar-refractivity contribution in [2.45, 2.75) is 12.8 Å². The van der Waals surface area contributed by atoms with Gasteiger partial charge in [0.25, 0.3) is 0 Å². The lowest BCUT2D eigenvalue weighted by molar-refractivity contribution is -0.118. The van der Waals surface area contributed by atoms with E-state index in [0.29, 0.717) is 12.8 Å². The highest BCUT2D eigenvalue weighted by Crippen LogP contribution is 2.29. The van der Waals surface area contributed by atoms with Gasteiger partial charge < -0.3 is 15.5 Å². The number of para-hydroxylation sites is 1. The Morgan fingerprint density at radius 2 is 1.73 bits per heavy atom. The first-order valence-electron chi connectivity index (χ1n) is 7.16. The fraction of sp³-hybridized carbons (Fsp3) is 0.176. The number of benzene rings is 2. The summed E-state index contributed by atoms with van der Waals surface area (Å²) in [5.74, 6) is 0.120. The van der Waals surface area contributed by atoms with Gasteiger partial charge in [-0.2, -0.15) is 0 Å². The number of amides is 3. The Hall–Kier alpha value is -2.82. The van der Waals surface area contributed by atoms with Crippen LogP contribution >= 0.6 is 0 Å². The largest absolute Gasteiger partial charge is 0.323 e. The number of carbonyl (C=O) groups is 2. The fourth-order valence-corrected chi connectivity index (χ4v) is 2.55. The van der Waals surface area contributed by atoms with Gasteiger partial charge in [-0.3, -0.25) is 4.79 Å². The molecule has 112 valence electrons. The van der Waals surface area contributed by atoms with Crippen LogP contribution in [0.3, 0.4) is 0 Å². The summed E-state index contributed by atoms with van der Waals surface area (Å²) in [5.41, 5.74) is 3.43. The molecule has 2 aromatic rings. The van der Waals surface area contributed by atoms with E-state index in [0.717, 1.165) is 22.6 Å². The second-order valence-corrected chi connectivity index (χ2v) is 5.24. The monoisotopic (exact) mass is 295 g/mol. The van der Waals surface area contributed by atoms with Crippen LogP contribution in [0.5, 0.6) is 0 Å². The maximum Gasteiger partial charge on any atom is 0.323 e. The number of anilines is 3. The Morgan fingerprint density at radius 1 is 1.00 bits per heavy atom. The van der Waals surface area contributed by atoms with Crippen LogP contribution in [0.1, 0.15) is 12.0 Å². The van der Waals surface area contributed by atoms with Crippen molar-refractivity contribution < 1.29 is 9.59 Å². The van der Waals surface area contributed by atoms with Crippen molar-refractivity contribution in [2.75, 3.05) is 22.6 Å². The van der Waals surface area contributed by atoms with E-state index >= 15 is 0 Å². The quantitative estimate of drug-likeness (QED) is 0.893. The molecule has 1 heterocycles. The number of rotatable bonds is 2. The van der Waals surface area contributed by atoms with Gasteiger partial charge in [-0.1, -0.05) is 18.2 Å². The highest BCUT2D eigenvalue weighted by atomic mass is 16.2. The minimum Gasteiger partial charge on any atom is -0.315 e. The molecule has 0 bridgehead atoms. The number of fused-ring (bicyclic) bond motifs is 1. The van der Waals surface area contributed by atoms with E-state index in [2.05, 4.69) is 10.6 Å². The Bertz CT molecular complexity index is 713. The third-order valence-electron chi connectivity index (χ3n) is 3.71. The minimum absolute atomic E-state index is 0.120. The summed E-state index contributed by atoms with van der Waals surface area (Å²) in [6.45, 7) is 0. The molecule has 0 fully saturated rings. The molecule has 0 saturated carbocycles. The lowest BCUT2D eigenvalue weighted by atomic mass is 10.0. The van der Waals surface area contributed by atoms with Gasteiger partial charge in [-0.15, -0.1) is 0 Å². The summed E-state index contributed by atoms with van der Waals surface area (Å²) in [7, 11) is 1.77. The first-order chi connectivity index (χ1) is 10.6. The van der Waals surface area contributed by atoms with E-state index in [1.54, 1.807) is 18.0 Å². The number of aryl methyl sites for hydroxylation is 1. The van der Waals surface area contributed by atoms with Crippen molar-refractivity contribution in [3.63, 3.8) is 0 Å². The van der Waals surface area contributed by atoms with Crippen molar-refractivity contribution in [3.8, 4) is 0 Å². The predicted molar refractivity (Wildman–Crippen MR) is 87.3 cm³/mol. The zero-order chi connectivity index (χ0) is 15.5. The lowest BCUT2D eigenvalue weighted by Crippen LogP contribution is -2.31.